The van der Waals surface area contributed by atoms with Crippen LogP contribution in [0, 0.1) is 0 Å². The number of carbonyl (C=O) groups excluding carboxylic acids is 2. The maximum Gasteiger partial charge on any atom is 0.321 e. The minimum Gasteiger partial charge on any atom is -0.333 e. The SMILES string of the molecule is CN(CC(=O)NC(=O)NC(C)(C)C)[C@H]1CCCc2ccccc21. The van der Waals surface area contributed by atoms with E-state index in [0.29, 0.717) is 0 Å². The third-order valence-corrected chi connectivity index (χ3v) is 4.00. The highest BCUT2D eigenvalue weighted by molar-refractivity contribution is 5.95. The van der Waals surface area contributed by atoms with Gasteiger partial charge in [-0.15, -0.1) is 0 Å². The molecule has 0 fully saturated rings. The summed E-state index contributed by atoms with van der Waals surface area (Å²) >= 11 is 0. The van der Waals surface area contributed by atoms with E-state index in [1.54, 1.807) is 0 Å². The Balaban J connectivity index is 1.93. The first-order chi connectivity index (χ1) is 10.8. The van der Waals surface area contributed by atoms with E-state index in [1.807, 2.05) is 38.8 Å². The van der Waals surface area contributed by atoms with Gasteiger partial charge in [-0.1, -0.05) is 24.3 Å². The topological polar surface area (TPSA) is 61.4 Å². The molecular weight excluding hydrogens is 290 g/mol. The van der Waals surface area contributed by atoms with Gasteiger partial charge in [-0.25, -0.2) is 4.79 Å². The van der Waals surface area contributed by atoms with Crippen LogP contribution in [-0.2, 0) is 11.2 Å². The quantitative estimate of drug-likeness (QED) is 0.901. The molecule has 1 atom stereocenters. The van der Waals surface area contributed by atoms with Crippen molar-refractivity contribution in [3.63, 3.8) is 0 Å². The van der Waals surface area contributed by atoms with Crippen molar-refractivity contribution >= 4 is 11.9 Å². The molecule has 0 aromatic heterocycles. The van der Waals surface area contributed by atoms with Gasteiger partial charge in [-0.3, -0.25) is 15.0 Å². The molecule has 0 saturated carbocycles. The summed E-state index contributed by atoms with van der Waals surface area (Å²) in [6, 6.07) is 8.19. The first-order valence-corrected chi connectivity index (χ1v) is 8.16. The van der Waals surface area contributed by atoms with Crippen LogP contribution in [0.1, 0.15) is 50.8 Å². The minimum absolute atomic E-state index is 0.205. The number of nitrogens with zero attached hydrogens (tertiary/aromatic N) is 1. The highest BCUT2D eigenvalue weighted by Gasteiger charge is 2.25. The summed E-state index contributed by atoms with van der Waals surface area (Å²) in [5, 5.41) is 5.13. The number of rotatable bonds is 3. The van der Waals surface area contributed by atoms with Crippen LogP contribution in [-0.4, -0.2) is 36.0 Å². The Hall–Kier alpha value is -1.88. The van der Waals surface area contributed by atoms with Gasteiger partial charge in [0, 0.05) is 11.6 Å². The van der Waals surface area contributed by atoms with E-state index in [1.165, 1.54) is 11.1 Å². The lowest BCUT2D eigenvalue weighted by Gasteiger charge is -2.32. The Morgan fingerprint density at radius 2 is 1.96 bits per heavy atom. The van der Waals surface area contributed by atoms with Crippen molar-refractivity contribution in [1.82, 2.24) is 15.5 Å². The molecule has 1 aromatic carbocycles. The van der Waals surface area contributed by atoms with Gasteiger partial charge in [-0.05, 0) is 58.2 Å². The van der Waals surface area contributed by atoms with Crippen molar-refractivity contribution in [2.75, 3.05) is 13.6 Å². The van der Waals surface area contributed by atoms with Crippen LogP contribution in [0.15, 0.2) is 24.3 Å². The number of hydrogen-bond donors (Lipinski definition) is 2. The molecule has 23 heavy (non-hydrogen) atoms. The summed E-state index contributed by atoms with van der Waals surface area (Å²) in [7, 11) is 1.94. The summed E-state index contributed by atoms with van der Waals surface area (Å²) in [5.41, 5.74) is 2.30. The van der Waals surface area contributed by atoms with Gasteiger partial charge >= 0.3 is 6.03 Å². The molecule has 0 saturated heterocycles. The third-order valence-electron chi connectivity index (χ3n) is 4.00. The van der Waals surface area contributed by atoms with Crippen LogP contribution < -0.4 is 10.6 Å². The number of carbonyl (C=O) groups is 2. The Labute approximate surface area is 138 Å². The molecule has 0 radical (unpaired) electrons. The highest BCUT2D eigenvalue weighted by atomic mass is 16.2. The molecule has 126 valence electrons. The molecule has 0 unspecified atom stereocenters. The molecule has 5 heteroatoms. The smallest absolute Gasteiger partial charge is 0.321 e. The summed E-state index contributed by atoms with van der Waals surface area (Å²) in [6.45, 7) is 5.84. The van der Waals surface area contributed by atoms with Crippen molar-refractivity contribution < 1.29 is 9.59 Å². The number of nitrogens with one attached hydrogen (secondary N) is 2. The lowest BCUT2D eigenvalue weighted by molar-refractivity contribution is -0.121. The predicted molar refractivity (Wildman–Crippen MR) is 91.2 cm³/mol. The van der Waals surface area contributed by atoms with Crippen molar-refractivity contribution in [3.8, 4) is 0 Å². The van der Waals surface area contributed by atoms with Crippen LogP contribution in [0.25, 0.3) is 0 Å². The van der Waals surface area contributed by atoms with Crippen molar-refractivity contribution in [3.05, 3.63) is 35.4 Å². The molecule has 1 aromatic rings. The normalized spacial score (nSPS) is 17.5. The number of benzene rings is 1. The Morgan fingerprint density at radius 3 is 2.65 bits per heavy atom. The zero-order valence-electron chi connectivity index (χ0n) is 14.5. The molecule has 0 aliphatic heterocycles. The maximum atomic E-state index is 12.1. The predicted octanol–water partition coefficient (Wildman–Crippen LogP) is 2.62. The number of likely N-dealkylation sites (N-methyl/N-ethyl adjacent to an activating group) is 1. The van der Waals surface area contributed by atoms with Crippen LogP contribution >= 0.6 is 0 Å². The number of amides is 3. The molecule has 3 amide bonds. The fraction of sp³-hybridized carbons (Fsp3) is 0.556. The van der Waals surface area contributed by atoms with E-state index in [9.17, 15) is 9.59 Å². The Morgan fingerprint density at radius 1 is 1.26 bits per heavy atom. The fourth-order valence-corrected chi connectivity index (χ4v) is 3.06. The number of imide groups is 1. The van der Waals surface area contributed by atoms with Crippen molar-refractivity contribution in [1.29, 1.82) is 0 Å². The van der Waals surface area contributed by atoms with E-state index < -0.39 is 6.03 Å². The highest BCUT2D eigenvalue weighted by Crippen LogP contribution is 2.33. The second-order valence-electron chi connectivity index (χ2n) is 7.27. The van der Waals surface area contributed by atoms with Crippen LogP contribution in [0.5, 0.6) is 0 Å². The third kappa shape index (κ3) is 5.06. The summed E-state index contributed by atoms with van der Waals surface area (Å²) < 4.78 is 0. The lowest BCUT2D eigenvalue weighted by atomic mass is 9.87. The average molecular weight is 317 g/mol. The lowest BCUT2D eigenvalue weighted by Crippen LogP contribution is -2.50. The molecule has 0 heterocycles. The second-order valence-corrected chi connectivity index (χ2v) is 7.27. The molecule has 1 aliphatic carbocycles. The average Bonchev–Trinajstić information content (AvgIpc) is 2.44. The van der Waals surface area contributed by atoms with Gasteiger partial charge < -0.3 is 5.32 Å². The standard InChI is InChI=1S/C18H27N3O2/c1-18(2,3)20-17(23)19-16(22)12-21(4)15-11-7-9-13-8-5-6-10-14(13)15/h5-6,8,10,15H,7,9,11-12H2,1-4H3,(H2,19,20,22,23)/t15-/m0/s1. The largest absolute Gasteiger partial charge is 0.333 e. The maximum absolute atomic E-state index is 12.1. The van der Waals surface area contributed by atoms with Gasteiger partial charge in [0.1, 0.15) is 0 Å². The van der Waals surface area contributed by atoms with E-state index in [2.05, 4.69) is 28.8 Å². The monoisotopic (exact) mass is 317 g/mol. The molecular formula is C18H27N3O2. The van der Waals surface area contributed by atoms with Gasteiger partial charge in [0.05, 0.1) is 6.54 Å². The van der Waals surface area contributed by atoms with Crippen LogP contribution in [0.4, 0.5) is 4.79 Å². The van der Waals surface area contributed by atoms with Gasteiger partial charge in [0.2, 0.25) is 5.91 Å². The van der Waals surface area contributed by atoms with Crippen molar-refractivity contribution in [2.24, 2.45) is 0 Å². The van der Waals surface area contributed by atoms with Crippen LogP contribution in [0.3, 0.4) is 0 Å². The van der Waals surface area contributed by atoms with Crippen LogP contribution in [0.2, 0.25) is 0 Å². The minimum atomic E-state index is -0.444. The van der Waals surface area contributed by atoms with E-state index >= 15 is 0 Å². The van der Waals surface area contributed by atoms with Gasteiger partial charge in [0.25, 0.3) is 0 Å². The fourth-order valence-electron chi connectivity index (χ4n) is 3.06. The first-order valence-electron chi connectivity index (χ1n) is 8.16. The summed E-state index contributed by atoms with van der Waals surface area (Å²) in [4.78, 5) is 25.9. The molecule has 2 N–H and O–H groups in total. The van der Waals surface area contributed by atoms with E-state index in [-0.39, 0.29) is 24.0 Å². The van der Waals surface area contributed by atoms with E-state index in [0.717, 1.165) is 19.3 Å². The zero-order chi connectivity index (χ0) is 17.0. The number of urea groups is 1. The van der Waals surface area contributed by atoms with E-state index in [4.69, 9.17) is 0 Å². The first kappa shape index (κ1) is 17.5. The van der Waals surface area contributed by atoms with Gasteiger partial charge in [0.15, 0.2) is 0 Å². The molecule has 5 nitrogen and oxygen atoms in total. The molecule has 0 spiro atoms. The Bertz CT molecular complexity index is 578. The van der Waals surface area contributed by atoms with Gasteiger partial charge in [-0.2, -0.15) is 0 Å². The molecule has 2 rings (SSSR count). The summed E-state index contributed by atoms with van der Waals surface area (Å²) in [6.07, 6.45) is 3.26. The number of aryl methyl sites for hydroxylation is 1. The van der Waals surface area contributed by atoms with Crippen molar-refractivity contribution in [2.45, 2.75) is 51.6 Å². The summed E-state index contributed by atoms with van der Waals surface area (Å²) in [5.74, 6) is -0.280. The zero-order valence-corrected chi connectivity index (χ0v) is 14.5. The molecule has 1 aliphatic rings. The Kier molecular flexibility index (Phi) is 5.42. The molecule has 0 bridgehead atoms. The number of hydrogen-bond acceptors (Lipinski definition) is 3. The number of fused-ring (bicyclic) bond motifs is 1. The second kappa shape index (κ2) is 7.13.